The Balaban J connectivity index is 1.56. The zero-order valence-corrected chi connectivity index (χ0v) is 12.7. The van der Waals surface area contributed by atoms with Gasteiger partial charge in [-0.25, -0.2) is 9.97 Å². The van der Waals surface area contributed by atoms with Gasteiger partial charge in [-0.05, 0) is 41.1 Å². The van der Waals surface area contributed by atoms with Crippen molar-refractivity contribution in [3.63, 3.8) is 0 Å². The van der Waals surface area contributed by atoms with Crippen LogP contribution in [0.3, 0.4) is 0 Å². The van der Waals surface area contributed by atoms with E-state index < -0.39 is 0 Å². The molecule has 1 heterocycles. The van der Waals surface area contributed by atoms with Crippen LogP contribution in [-0.4, -0.2) is 23.1 Å². The first-order chi connectivity index (χ1) is 9.34. The number of nitrogens with zero attached hydrogens (tertiary/aromatic N) is 2. The molecule has 1 N–H and O–H groups in total. The van der Waals surface area contributed by atoms with Gasteiger partial charge in [0.15, 0.2) is 0 Å². The van der Waals surface area contributed by atoms with Gasteiger partial charge in [0.05, 0.1) is 6.61 Å². The lowest BCUT2D eigenvalue weighted by Crippen LogP contribution is -2.17. The van der Waals surface area contributed by atoms with E-state index in [2.05, 4.69) is 50.0 Å². The summed E-state index contributed by atoms with van der Waals surface area (Å²) >= 11 is 2.17. The number of rotatable bonds is 7. The second-order valence-electron chi connectivity index (χ2n) is 4.05. The van der Waals surface area contributed by atoms with Crippen LogP contribution in [0.1, 0.15) is 12.0 Å². The molecule has 0 aliphatic heterocycles. The van der Waals surface area contributed by atoms with Gasteiger partial charge in [0.2, 0.25) is 0 Å². The first-order valence-electron chi connectivity index (χ1n) is 6.19. The minimum absolute atomic E-state index is 0.448. The van der Waals surface area contributed by atoms with E-state index in [1.165, 1.54) is 5.56 Å². The highest BCUT2D eigenvalue weighted by atomic mass is 127. The smallest absolute Gasteiger partial charge is 0.316 e. The number of hydrogen-bond acceptors (Lipinski definition) is 4. The summed E-state index contributed by atoms with van der Waals surface area (Å²) in [4.78, 5) is 8.16. The Morgan fingerprint density at radius 1 is 1.11 bits per heavy atom. The van der Waals surface area contributed by atoms with Crippen molar-refractivity contribution < 1.29 is 4.74 Å². The van der Waals surface area contributed by atoms with E-state index in [0.717, 1.165) is 23.1 Å². The normalized spacial score (nSPS) is 10.4. The maximum absolute atomic E-state index is 5.45. The summed E-state index contributed by atoms with van der Waals surface area (Å²) in [6.45, 7) is 2.43. The third-order valence-corrected chi connectivity index (χ3v) is 3.05. The van der Waals surface area contributed by atoms with Gasteiger partial charge in [0, 0.05) is 22.5 Å². The fourth-order valence-corrected chi connectivity index (χ4v) is 1.84. The van der Waals surface area contributed by atoms with Crippen LogP contribution in [0.25, 0.3) is 0 Å². The number of nitrogens with one attached hydrogen (secondary N) is 1. The number of halogens is 1. The Bertz CT molecular complexity index is 476. The predicted molar refractivity (Wildman–Crippen MR) is 83.0 cm³/mol. The largest absolute Gasteiger partial charge is 0.463 e. The third kappa shape index (κ3) is 5.52. The van der Waals surface area contributed by atoms with Gasteiger partial charge in [-0.2, -0.15) is 0 Å². The molecule has 0 amide bonds. The van der Waals surface area contributed by atoms with Crippen LogP contribution in [0.2, 0.25) is 0 Å². The lowest BCUT2D eigenvalue weighted by atomic mass is 10.2. The average Bonchev–Trinajstić information content (AvgIpc) is 2.46. The standard InChI is InChI=1S/C14H16IN3O/c15-13-10-17-14(18-11-13)19-8-4-7-16-9-12-5-2-1-3-6-12/h1-3,5-6,10-11,16H,4,7-9H2. The van der Waals surface area contributed by atoms with Crippen LogP contribution in [0.4, 0.5) is 0 Å². The molecule has 0 saturated heterocycles. The Morgan fingerprint density at radius 3 is 2.58 bits per heavy atom. The van der Waals surface area contributed by atoms with Gasteiger partial charge in [-0.15, -0.1) is 0 Å². The molecule has 0 atom stereocenters. The molecule has 5 heteroatoms. The summed E-state index contributed by atoms with van der Waals surface area (Å²) < 4.78 is 6.46. The van der Waals surface area contributed by atoms with E-state index in [1.807, 2.05) is 18.2 Å². The van der Waals surface area contributed by atoms with E-state index in [1.54, 1.807) is 12.4 Å². The zero-order valence-electron chi connectivity index (χ0n) is 10.6. The van der Waals surface area contributed by atoms with Crippen LogP contribution >= 0.6 is 22.6 Å². The molecule has 0 aliphatic rings. The summed E-state index contributed by atoms with van der Waals surface area (Å²) in [6.07, 6.45) is 4.43. The highest BCUT2D eigenvalue weighted by Gasteiger charge is 1.97. The van der Waals surface area contributed by atoms with Crippen molar-refractivity contribution in [1.29, 1.82) is 0 Å². The van der Waals surface area contributed by atoms with E-state index >= 15 is 0 Å². The average molecular weight is 369 g/mol. The summed E-state index contributed by atoms with van der Waals surface area (Å²) in [5, 5.41) is 3.38. The highest BCUT2D eigenvalue weighted by Crippen LogP contribution is 2.04. The van der Waals surface area contributed by atoms with Crippen LogP contribution in [0.15, 0.2) is 42.7 Å². The first-order valence-corrected chi connectivity index (χ1v) is 7.27. The molecule has 0 unspecified atom stereocenters. The number of benzene rings is 1. The molecule has 2 aromatic rings. The quantitative estimate of drug-likeness (QED) is 0.602. The van der Waals surface area contributed by atoms with E-state index in [0.29, 0.717) is 12.6 Å². The molecule has 4 nitrogen and oxygen atoms in total. The molecule has 0 radical (unpaired) electrons. The first kappa shape index (κ1) is 14.2. The topological polar surface area (TPSA) is 47.0 Å². The van der Waals surface area contributed by atoms with Gasteiger partial charge in [-0.1, -0.05) is 30.3 Å². The summed E-state index contributed by atoms with van der Waals surface area (Å²) in [5.41, 5.74) is 1.30. The summed E-state index contributed by atoms with van der Waals surface area (Å²) in [5.74, 6) is 0. The fourth-order valence-electron chi connectivity index (χ4n) is 1.56. The number of aromatic nitrogens is 2. The predicted octanol–water partition coefficient (Wildman–Crippen LogP) is 2.64. The van der Waals surface area contributed by atoms with Crippen molar-refractivity contribution in [2.45, 2.75) is 13.0 Å². The molecule has 0 saturated carbocycles. The minimum atomic E-state index is 0.448. The molecule has 2 rings (SSSR count). The lowest BCUT2D eigenvalue weighted by Gasteiger charge is -2.06. The van der Waals surface area contributed by atoms with E-state index in [4.69, 9.17) is 4.74 Å². The molecule has 1 aromatic heterocycles. The van der Waals surface area contributed by atoms with Crippen molar-refractivity contribution in [1.82, 2.24) is 15.3 Å². The fraction of sp³-hybridized carbons (Fsp3) is 0.286. The van der Waals surface area contributed by atoms with Gasteiger partial charge in [0.25, 0.3) is 0 Å². The van der Waals surface area contributed by atoms with Gasteiger partial charge in [0.1, 0.15) is 0 Å². The molecule has 1 aromatic carbocycles. The molecule has 0 spiro atoms. The molecule has 0 fully saturated rings. The summed E-state index contributed by atoms with van der Waals surface area (Å²) in [6, 6.07) is 10.8. The van der Waals surface area contributed by atoms with Gasteiger partial charge >= 0.3 is 6.01 Å². The lowest BCUT2D eigenvalue weighted by molar-refractivity contribution is 0.284. The second kappa shape index (κ2) is 8.06. The monoisotopic (exact) mass is 369 g/mol. The van der Waals surface area contributed by atoms with Gasteiger partial charge < -0.3 is 10.1 Å². The van der Waals surface area contributed by atoms with E-state index in [9.17, 15) is 0 Å². The SMILES string of the molecule is Ic1cnc(OCCCNCc2ccccc2)nc1. The number of ether oxygens (including phenoxy) is 1. The maximum Gasteiger partial charge on any atom is 0.316 e. The Kier molecular flexibility index (Phi) is 6.03. The third-order valence-electron chi connectivity index (χ3n) is 2.50. The van der Waals surface area contributed by atoms with E-state index in [-0.39, 0.29) is 0 Å². The molecular formula is C14H16IN3O. The zero-order chi connectivity index (χ0) is 13.3. The Hall–Kier alpha value is -1.21. The van der Waals surface area contributed by atoms with Crippen molar-refractivity contribution in [3.05, 3.63) is 51.9 Å². The van der Waals surface area contributed by atoms with Crippen molar-refractivity contribution in [3.8, 4) is 6.01 Å². The van der Waals surface area contributed by atoms with Crippen LogP contribution in [0.5, 0.6) is 6.01 Å². The van der Waals surface area contributed by atoms with Crippen molar-refractivity contribution in [2.24, 2.45) is 0 Å². The molecule has 0 aliphatic carbocycles. The van der Waals surface area contributed by atoms with Crippen molar-refractivity contribution in [2.75, 3.05) is 13.2 Å². The molecule has 0 bridgehead atoms. The number of hydrogen-bond donors (Lipinski definition) is 1. The van der Waals surface area contributed by atoms with Gasteiger partial charge in [-0.3, -0.25) is 0 Å². The molecular weight excluding hydrogens is 353 g/mol. The molecule has 100 valence electrons. The Labute approximate surface area is 126 Å². The van der Waals surface area contributed by atoms with Crippen molar-refractivity contribution >= 4 is 22.6 Å². The van der Waals surface area contributed by atoms with Crippen LogP contribution < -0.4 is 10.1 Å². The van der Waals surface area contributed by atoms with Crippen LogP contribution in [-0.2, 0) is 6.54 Å². The minimum Gasteiger partial charge on any atom is -0.463 e. The molecule has 19 heavy (non-hydrogen) atoms. The second-order valence-corrected chi connectivity index (χ2v) is 5.29. The van der Waals surface area contributed by atoms with Crippen LogP contribution in [0, 0.1) is 3.57 Å². The Morgan fingerprint density at radius 2 is 1.84 bits per heavy atom. The maximum atomic E-state index is 5.45. The highest BCUT2D eigenvalue weighted by molar-refractivity contribution is 14.1. The summed E-state index contributed by atoms with van der Waals surface area (Å²) in [7, 11) is 0.